The molecule has 1 aliphatic rings. The van der Waals surface area contributed by atoms with Gasteiger partial charge < -0.3 is 9.42 Å². The summed E-state index contributed by atoms with van der Waals surface area (Å²) in [6.07, 6.45) is 0.408. The summed E-state index contributed by atoms with van der Waals surface area (Å²) in [6, 6.07) is 17.7. The molecule has 1 aliphatic heterocycles. The molecular formula is C21H19ClN2O4S. The van der Waals surface area contributed by atoms with Crippen LogP contribution in [0.2, 0.25) is 5.02 Å². The van der Waals surface area contributed by atoms with Gasteiger partial charge in [-0.2, -0.15) is 0 Å². The van der Waals surface area contributed by atoms with Gasteiger partial charge in [0, 0.05) is 29.2 Å². The monoisotopic (exact) mass is 430 g/mol. The molecule has 1 fully saturated rings. The predicted octanol–water partition coefficient (Wildman–Crippen LogP) is 3.82. The summed E-state index contributed by atoms with van der Waals surface area (Å²) in [4.78, 5) is 14.8. The maximum absolute atomic E-state index is 13.2. The Kier molecular flexibility index (Phi) is 5.43. The second-order valence-electron chi connectivity index (χ2n) is 7.06. The molecule has 150 valence electrons. The fourth-order valence-electron chi connectivity index (χ4n) is 3.44. The molecule has 0 saturated carbocycles. The molecule has 1 saturated heterocycles. The first-order valence-corrected chi connectivity index (χ1v) is 11.4. The zero-order valence-electron chi connectivity index (χ0n) is 15.5. The SMILES string of the molecule is O=C(c1cc(-c2ccccc2)on1)N(Cc1ccc(Cl)cc1)[C@@H]1CCS(=O)(=O)C1. The number of carbonyl (C=O) groups excluding carboxylic acids is 1. The fraction of sp³-hybridized carbons (Fsp3) is 0.238. The number of aromatic nitrogens is 1. The molecule has 0 spiro atoms. The Balaban J connectivity index is 1.62. The van der Waals surface area contributed by atoms with E-state index in [1.807, 2.05) is 42.5 Å². The van der Waals surface area contributed by atoms with Crippen molar-refractivity contribution in [2.75, 3.05) is 11.5 Å². The lowest BCUT2D eigenvalue weighted by molar-refractivity contribution is 0.0670. The topological polar surface area (TPSA) is 80.5 Å². The van der Waals surface area contributed by atoms with Crippen LogP contribution in [-0.4, -0.2) is 41.9 Å². The van der Waals surface area contributed by atoms with E-state index >= 15 is 0 Å². The van der Waals surface area contributed by atoms with Crippen molar-refractivity contribution in [3.05, 3.63) is 76.9 Å². The lowest BCUT2D eigenvalue weighted by atomic mass is 10.1. The second kappa shape index (κ2) is 8.00. The number of hydrogen-bond donors (Lipinski definition) is 0. The van der Waals surface area contributed by atoms with E-state index in [1.54, 1.807) is 23.1 Å². The molecule has 2 heterocycles. The van der Waals surface area contributed by atoms with E-state index in [0.29, 0.717) is 17.2 Å². The molecule has 29 heavy (non-hydrogen) atoms. The van der Waals surface area contributed by atoms with Gasteiger partial charge in [0.25, 0.3) is 5.91 Å². The van der Waals surface area contributed by atoms with E-state index in [4.69, 9.17) is 16.1 Å². The molecule has 0 unspecified atom stereocenters. The van der Waals surface area contributed by atoms with Gasteiger partial charge in [0.05, 0.1) is 11.5 Å². The average Bonchev–Trinajstić information content (AvgIpc) is 3.34. The Bertz CT molecular complexity index is 1110. The Hall–Kier alpha value is -2.64. The minimum absolute atomic E-state index is 0.0459. The minimum atomic E-state index is -3.15. The van der Waals surface area contributed by atoms with Crippen LogP contribution >= 0.6 is 11.6 Å². The molecule has 1 amide bonds. The molecule has 1 aromatic heterocycles. The Morgan fingerprint density at radius 1 is 1.14 bits per heavy atom. The van der Waals surface area contributed by atoms with Gasteiger partial charge in [-0.25, -0.2) is 8.42 Å². The van der Waals surface area contributed by atoms with Crippen molar-refractivity contribution < 1.29 is 17.7 Å². The lowest BCUT2D eigenvalue weighted by Gasteiger charge is -2.27. The summed E-state index contributed by atoms with van der Waals surface area (Å²) in [5.41, 5.74) is 1.83. The van der Waals surface area contributed by atoms with Gasteiger partial charge in [-0.3, -0.25) is 4.79 Å². The molecule has 6 nitrogen and oxygen atoms in total. The first kappa shape index (κ1) is 19.7. The van der Waals surface area contributed by atoms with Crippen molar-refractivity contribution in [2.24, 2.45) is 0 Å². The summed E-state index contributed by atoms with van der Waals surface area (Å²) in [5.74, 6) is 0.165. The average molecular weight is 431 g/mol. The number of sulfone groups is 1. The number of rotatable bonds is 5. The van der Waals surface area contributed by atoms with Crippen LogP contribution in [0, 0.1) is 0 Å². The van der Waals surface area contributed by atoms with Crippen molar-refractivity contribution in [3.8, 4) is 11.3 Å². The summed E-state index contributed by atoms with van der Waals surface area (Å²) < 4.78 is 29.4. The van der Waals surface area contributed by atoms with Gasteiger partial charge in [-0.05, 0) is 24.1 Å². The van der Waals surface area contributed by atoms with E-state index in [-0.39, 0.29) is 29.7 Å². The number of carbonyl (C=O) groups is 1. The molecule has 2 aromatic carbocycles. The summed E-state index contributed by atoms with van der Waals surface area (Å²) in [7, 11) is -3.15. The number of nitrogens with zero attached hydrogens (tertiary/aromatic N) is 2. The molecule has 0 N–H and O–H groups in total. The van der Waals surface area contributed by atoms with Crippen LogP contribution in [0.5, 0.6) is 0 Å². The predicted molar refractivity (Wildman–Crippen MR) is 110 cm³/mol. The summed E-state index contributed by atoms with van der Waals surface area (Å²) >= 11 is 5.95. The molecule has 1 atom stereocenters. The minimum Gasteiger partial charge on any atom is -0.355 e. The zero-order chi connectivity index (χ0) is 20.4. The van der Waals surface area contributed by atoms with Gasteiger partial charge in [0.1, 0.15) is 0 Å². The standard InChI is InChI=1S/C21H19ClN2O4S/c22-17-8-6-15(7-9-17)13-24(18-10-11-29(26,27)14-18)21(25)19-12-20(28-23-19)16-4-2-1-3-5-16/h1-9,12,18H,10-11,13-14H2/t18-/m1/s1. The Morgan fingerprint density at radius 3 is 2.52 bits per heavy atom. The van der Waals surface area contributed by atoms with Crippen LogP contribution < -0.4 is 0 Å². The maximum Gasteiger partial charge on any atom is 0.276 e. The highest BCUT2D eigenvalue weighted by molar-refractivity contribution is 7.91. The van der Waals surface area contributed by atoms with Crippen LogP contribution in [0.3, 0.4) is 0 Å². The smallest absolute Gasteiger partial charge is 0.276 e. The third-order valence-electron chi connectivity index (χ3n) is 4.96. The van der Waals surface area contributed by atoms with Crippen LogP contribution in [0.1, 0.15) is 22.5 Å². The van der Waals surface area contributed by atoms with Gasteiger partial charge in [-0.1, -0.05) is 59.2 Å². The normalized spacial score (nSPS) is 17.9. The van der Waals surface area contributed by atoms with Gasteiger partial charge in [0.15, 0.2) is 21.3 Å². The lowest BCUT2D eigenvalue weighted by Crippen LogP contribution is -2.40. The molecule has 0 bridgehead atoms. The second-order valence-corrected chi connectivity index (χ2v) is 9.72. The van der Waals surface area contributed by atoms with E-state index in [0.717, 1.165) is 11.1 Å². The summed E-state index contributed by atoms with van der Waals surface area (Å²) in [6.45, 7) is 0.268. The van der Waals surface area contributed by atoms with E-state index in [9.17, 15) is 13.2 Å². The highest BCUT2D eigenvalue weighted by Gasteiger charge is 2.36. The van der Waals surface area contributed by atoms with Gasteiger partial charge >= 0.3 is 0 Å². The van der Waals surface area contributed by atoms with Crippen molar-refractivity contribution in [3.63, 3.8) is 0 Å². The van der Waals surface area contributed by atoms with E-state index in [2.05, 4.69) is 5.16 Å². The molecular weight excluding hydrogens is 412 g/mol. The maximum atomic E-state index is 13.2. The quantitative estimate of drug-likeness (QED) is 0.614. The zero-order valence-corrected chi connectivity index (χ0v) is 17.1. The van der Waals surface area contributed by atoms with E-state index < -0.39 is 15.9 Å². The molecule has 8 heteroatoms. The number of halogens is 1. The van der Waals surface area contributed by atoms with Crippen LogP contribution in [-0.2, 0) is 16.4 Å². The van der Waals surface area contributed by atoms with E-state index in [1.165, 1.54) is 0 Å². The van der Waals surface area contributed by atoms with Crippen LogP contribution in [0.15, 0.2) is 65.2 Å². The van der Waals surface area contributed by atoms with Crippen LogP contribution in [0.4, 0.5) is 0 Å². The van der Waals surface area contributed by atoms with Crippen LogP contribution in [0.25, 0.3) is 11.3 Å². The number of hydrogen-bond acceptors (Lipinski definition) is 5. The molecule has 4 rings (SSSR count). The third kappa shape index (κ3) is 4.52. The van der Waals surface area contributed by atoms with Gasteiger partial charge in [0.2, 0.25) is 0 Å². The van der Waals surface area contributed by atoms with Crippen molar-refractivity contribution in [2.45, 2.75) is 19.0 Å². The largest absolute Gasteiger partial charge is 0.355 e. The molecule has 0 aliphatic carbocycles. The third-order valence-corrected chi connectivity index (χ3v) is 6.97. The Labute approximate surface area is 174 Å². The molecule has 0 radical (unpaired) electrons. The first-order valence-electron chi connectivity index (χ1n) is 9.19. The highest BCUT2D eigenvalue weighted by atomic mass is 35.5. The first-order chi connectivity index (χ1) is 13.9. The van der Waals surface area contributed by atoms with Crippen molar-refractivity contribution >= 4 is 27.3 Å². The summed E-state index contributed by atoms with van der Waals surface area (Å²) in [5, 5.41) is 4.54. The fourth-order valence-corrected chi connectivity index (χ4v) is 5.29. The number of benzene rings is 2. The Morgan fingerprint density at radius 2 is 1.86 bits per heavy atom. The van der Waals surface area contributed by atoms with Crippen molar-refractivity contribution in [1.82, 2.24) is 10.1 Å². The molecule has 3 aromatic rings. The van der Waals surface area contributed by atoms with Crippen molar-refractivity contribution in [1.29, 1.82) is 0 Å². The highest BCUT2D eigenvalue weighted by Crippen LogP contribution is 2.25. The number of amides is 1. The van der Waals surface area contributed by atoms with Gasteiger partial charge in [-0.15, -0.1) is 0 Å².